The van der Waals surface area contributed by atoms with Crippen molar-refractivity contribution in [2.75, 3.05) is 45.7 Å². The molecule has 40 heavy (non-hydrogen) atoms. The van der Waals surface area contributed by atoms with Crippen molar-refractivity contribution in [3.05, 3.63) is 77.4 Å². The lowest BCUT2D eigenvalue weighted by molar-refractivity contribution is 0.165. The molecule has 208 valence electrons. The van der Waals surface area contributed by atoms with Crippen LogP contribution in [0.3, 0.4) is 0 Å². The number of carbonyl (C=O) groups excluding carboxylic acids is 1. The largest absolute Gasteiger partial charge is 0.490 e. The van der Waals surface area contributed by atoms with Gasteiger partial charge in [0, 0.05) is 32.8 Å². The summed E-state index contributed by atoms with van der Waals surface area (Å²) >= 11 is 0. The lowest BCUT2D eigenvalue weighted by Gasteiger charge is -2.33. The van der Waals surface area contributed by atoms with Crippen LogP contribution in [0.4, 0.5) is 25.0 Å². The van der Waals surface area contributed by atoms with E-state index in [1.54, 1.807) is 30.1 Å². The number of rotatable bonds is 8. The molecule has 10 nitrogen and oxygen atoms in total. The average molecular weight is 549 g/mol. The second-order valence-corrected chi connectivity index (χ2v) is 9.47. The summed E-state index contributed by atoms with van der Waals surface area (Å²) < 4.78 is 35.3. The van der Waals surface area contributed by atoms with E-state index < -0.39 is 23.7 Å². The molecular weight excluding hydrogens is 518 g/mol. The fourth-order valence-electron chi connectivity index (χ4n) is 4.65. The smallest absolute Gasteiger partial charge is 0.330 e. The Labute approximate surface area is 231 Å². The van der Waals surface area contributed by atoms with Gasteiger partial charge in [-0.25, -0.2) is 18.6 Å². The monoisotopic (exact) mass is 548 g/mol. The summed E-state index contributed by atoms with van der Waals surface area (Å²) in [6, 6.07) is 7.54. The van der Waals surface area contributed by atoms with Crippen LogP contribution in [0.1, 0.15) is 23.6 Å². The van der Waals surface area contributed by atoms with Crippen LogP contribution in [0.25, 0.3) is 0 Å². The third-order valence-electron chi connectivity index (χ3n) is 6.75. The van der Waals surface area contributed by atoms with Gasteiger partial charge in [-0.05, 0) is 51.1 Å². The van der Waals surface area contributed by atoms with Crippen LogP contribution in [0.5, 0.6) is 5.75 Å². The number of amidine groups is 1. The number of urea groups is 1. The van der Waals surface area contributed by atoms with E-state index in [-0.39, 0.29) is 42.5 Å². The number of nitrogens with two attached hydrogens (primary N) is 1. The predicted molar refractivity (Wildman–Crippen MR) is 149 cm³/mol. The van der Waals surface area contributed by atoms with E-state index in [4.69, 9.17) is 15.5 Å². The van der Waals surface area contributed by atoms with Crippen LogP contribution in [0.2, 0.25) is 0 Å². The first-order valence-electron chi connectivity index (χ1n) is 12.4. The van der Waals surface area contributed by atoms with Crippen molar-refractivity contribution in [3.63, 3.8) is 0 Å². The van der Waals surface area contributed by atoms with Gasteiger partial charge < -0.3 is 20.3 Å². The first kappa shape index (κ1) is 28.3. The van der Waals surface area contributed by atoms with E-state index in [9.17, 15) is 14.4 Å². The van der Waals surface area contributed by atoms with Crippen LogP contribution in [-0.4, -0.2) is 74.1 Å². The summed E-state index contributed by atoms with van der Waals surface area (Å²) in [6.45, 7) is 8.50. The standard InChI is InChI=1S/C28H30F2N8O2/c1-17(36(5)23-14-18(15-31)6-9-21(23)33-2)34-27-24(16-32)37(12-11-35(3)4)28(39)38(27)22-10-13-40-26-20(30)8-7-19(29)25(22)26/h6-9,14,16,22H,1-2,10-13,32H2,3-5H3/b24-16+,34-27+/t22-/m1/s1. The van der Waals surface area contributed by atoms with Crippen molar-refractivity contribution in [1.82, 2.24) is 14.7 Å². The zero-order chi connectivity index (χ0) is 29.1. The molecule has 0 aliphatic carbocycles. The number of benzene rings is 2. The Bertz CT molecular complexity index is 1460. The molecule has 1 fully saturated rings. The van der Waals surface area contributed by atoms with E-state index >= 15 is 4.39 Å². The summed E-state index contributed by atoms with van der Waals surface area (Å²) in [6.07, 6.45) is 1.45. The van der Waals surface area contributed by atoms with Gasteiger partial charge in [0.25, 0.3) is 0 Å². The minimum Gasteiger partial charge on any atom is -0.490 e. The highest BCUT2D eigenvalue weighted by atomic mass is 19.1. The summed E-state index contributed by atoms with van der Waals surface area (Å²) in [5.41, 5.74) is 7.63. The SMILES string of the molecule is C=Nc1ccc(C#N)cc1N(C)C(=C)/N=C1\C(=C/N)N(CCN(C)C)C(=O)N1[C@@H]1CCOc2c(F)ccc(F)c21. The Hall–Kier alpha value is -4.76. The van der Waals surface area contributed by atoms with Crippen LogP contribution >= 0.6 is 0 Å². The second-order valence-electron chi connectivity index (χ2n) is 9.47. The predicted octanol–water partition coefficient (Wildman–Crippen LogP) is 4.10. The molecule has 0 bridgehead atoms. The van der Waals surface area contributed by atoms with Crippen LogP contribution < -0.4 is 15.4 Å². The summed E-state index contributed by atoms with van der Waals surface area (Å²) in [7, 11) is 5.40. The van der Waals surface area contributed by atoms with Gasteiger partial charge >= 0.3 is 6.03 Å². The summed E-state index contributed by atoms with van der Waals surface area (Å²) in [5, 5.41) is 9.38. The Morgan fingerprint density at radius 1 is 1.27 bits per heavy atom. The van der Waals surface area contributed by atoms with Gasteiger partial charge in [0.2, 0.25) is 0 Å². The number of amides is 2. The van der Waals surface area contributed by atoms with Crippen molar-refractivity contribution in [3.8, 4) is 11.8 Å². The molecule has 0 radical (unpaired) electrons. The fourth-order valence-corrected chi connectivity index (χ4v) is 4.65. The first-order valence-corrected chi connectivity index (χ1v) is 12.4. The zero-order valence-corrected chi connectivity index (χ0v) is 22.6. The van der Waals surface area contributed by atoms with Crippen LogP contribution in [0.15, 0.2) is 64.6 Å². The maximum absolute atomic E-state index is 15.2. The van der Waals surface area contributed by atoms with Gasteiger partial charge in [-0.3, -0.25) is 14.8 Å². The highest BCUT2D eigenvalue weighted by Gasteiger charge is 2.46. The van der Waals surface area contributed by atoms with Crippen molar-refractivity contribution >= 4 is 30.0 Å². The molecule has 1 saturated heterocycles. The third kappa shape index (κ3) is 5.11. The first-order chi connectivity index (χ1) is 19.1. The lowest BCUT2D eigenvalue weighted by atomic mass is 9.98. The number of nitriles is 1. The number of fused-ring (bicyclic) bond motifs is 1. The molecule has 2 amide bonds. The highest BCUT2D eigenvalue weighted by molar-refractivity contribution is 6.15. The lowest BCUT2D eigenvalue weighted by Crippen LogP contribution is -2.40. The average Bonchev–Trinajstić information content (AvgIpc) is 3.21. The number of halogens is 2. The molecule has 2 aromatic carbocycles. The third-order valence-corrected chi connectivity index (χ3v) is 6.75. The molecule has 0 aromatic heterocycles. The van der Waals surface area contributed by atoms with Crippen molar-refractivity contribution < 1.29 is 18.3 Å². The molecular formula is C28H30F2N8O2. The highest BCUT2D eigenvalue weighted by Crippen LogP contribution is 2.43. The zero-order valence-electron chi connectivity index (χ0n) is 22.6. The Balaban J connectivity index is 1.84. The molecule has 2 N–H and O–H groups in total. The van der Waals surface area contributed by atoms with Gasteiger partial charge in [0.05, 0.1) is 41.2 Å². The molecule has 12 heteroatoms. The van der Waals surface area contributed by atoms with Crippen LogP contribution in [0, 0.1) is 23.0 Å². The number of ether oxygens (including phenoxy) is 1. The van der Waals surface area contributed by atoms with Gasteiger partial charge in [0.15, 0.2) is 17.4 Å². The summed E-state index contributed by atoms with van der Waals surface area (Å²) in [5.74, 6) is -1.37. The van der Waals surface area contributed by atoms with Gasteiger partial charge in [-0.15, -0.1) is 0 Å². The van der Waals surface area contributed by atoms with E-state index in [1.165, 1.54) is 16.0 Å². The molecule has 2 aromatic rings. The molecule has 0 saturated carbocycles. The minimum absolute atomic E-state index is 0.0602. The summed E-state index contributed by atoms with van der Waals surface area (Å²) in [4.78, 5) is 28.9. The fraction of sp³-hybridized carbons (Fsp3) is 0.286. The molecule has 0 spiro atoms. The van der Waals surface area contributed by atoms with Gasteiger partial charge in [0.1, 0.15) is 17.3 Å². The van der Waals surface area contributed by atoms with Gasteiger partial charge in [-0.2, -0.15) is 5.26 Å². The number of hydrogen-bond donors (Lipinski definition) is 1. The van der Waals surface area contributed by atoms with E-state index in [1.807, 2.05) is 19.0 Å². The normalized spacial score (nSPS) is 18.6. The molecule has 1 atom stereocenters. The molecule has 0 unspecified atom stereocenters. The number of likely N-dealkylation sites (N-methyl/N-ethyl adjacent to an activating group) is 1. The van der Waals surface area contributed by atoms with Crippen molar-refractivity contribution in [1.29, 1.82) is 5.26 Å². The molecule has 2 heterocycles. The minimum atomic E-state index is -0.921. The van der Waals surface area contributed by atoms with E-state index in [2.05, 4.69) is 24.4 Å². The van der Waals surface area contributed by atoms with Crippen LogP contribution in [-0.2, 0) is 0 Å². The topological polar surface area (TPSA) is 114 Å². The number of nitrogens with zero attached hydrogens (tertiary/aromatic N) is 7. The molecule has 2 aliphatic rings. The Morgan fingerprint density at radius 2 is 2.00 bits per heavy atom. The Morgan fingerprint density at radius 3 is 2.65 bits per heavy atom. The number of hydrogen-bond acceptors (Lipinski definition) is 8. The second kappa shape index (κ2) is 11.5. The maximum Gasteiger partial charge on any atom is 0.330 e. The quantitative estimate of drug-likeness (QED) is 0.497. The molecule has 2 aliphatic heterocycles. The van der Waals surface area contributed by atoms with Crippen molar-refractivity contribution in [2.24, 2.45) is 15.7 Å². The van der Waals surface area contributed by atoms with Gasteiger partial charge in [-0.1, -0.05) is 6.58 Å². The number of carbonyl (C=O) groups is 1. The van der Waals surface area contributed by atoms with E-state index in [0.29, 0.717) is 29.2 Å². The van der Waals surface area contributed by atoms with E-state index in [0.717, 1.165) is 12.1 Å². The Kier molecular flexibility index (Phi) is 8.16. The maximum atomic E-state index is 15.2. The van der Waals surface area contributed by atoms with Crippen molar-refractivity contribution in [2.45, 2.75) is 12.5 Å². The molecule has 4 rings (SSSR count). The number of anilines is 1. The number of aliphatic imine (C=N–C) groups is 2.